The first-order chi connectivity index (χ1) is 9.82. The van der Waals surface area contributed by atoms with Crippen molar-refractivity contribution in [3.63, 3.8) is 0 Å². The van der Waals surface area contributed by atoms with Crippen molar-refractivity contribution in [1.82, 2.24) is 19.5 Å². The van der Waals surface area contributed by atoms with E-state index in [1.54, 1.807) is 0 Å². The van der Waals surface area contributed by atoms with E-state index < -0.39 is 16.0 Å². The van der Waals surface area contributed by atoms with Crippen LogP contribution in [0.15, 0.2) is 29.4 Å². The van der Waals surface area contributed by atoms with Crippen LogP contribution in [-0.2, 0) is 16.6 Å². The number of hydrogen-bond acceptors (Lipinski definition) is 6. The Balaban J connectivity index is 2.41. The minimum atomic E-state index is -4.00. The molecule has 10 heteroatoms. The molecule has 0 atom stereocenters. The number of aromatic carboxylic acids is 1. The summed E-state index contributed by atoms with van der Waals surface area (Å²) in [6, 6.07) is 3.62. The molecule has 0 radical (unpaired) electrons. The van der Waals surface area contributed by atoms with Gasteiger partial charge in [0.15, 0.2) is 0 Å². The van der Waals surface area contributed by atoms with Crippen molar-refractivity contribution in [1.29, 1.82) is 0 Å². The molecule has 2 rings (SSSR count). The molecule has 9 nitrogen and oxygen atoms in total. The van der Waals surface area contributed by atoms with E-state index >= 15 is 0 Å². The number of carbonyl (C=O) groups is 1. The van der Waals surface area contributed by atoms with Crippen LogP contribution in [0, 0.1) is 0 Å². The average molecular weight is 311 g/mol. The van der Waals surface area contributed by atoms with Crippen LogP contribution in [0.2, 0.25) is 0 Å². The fraction of sp³-hybridized carbons (Fsp3) is 0.182. The van der Waals surface area contributed by atoms with Gasteiger partial charge in [0.2, 0.25) is 10.0 Å². The number of benzene rings is 1. The highest BCUT2D eigenvalue weighted by Crippen LogP contribution is 2.22. The van der Waals surface area contributed by atoms with E-state index in [0.29, 0.717) is 5.82 Å². The van der Waals surface area contributed by atoms with Gasteiger partial charge in [0.05, 0.1) is 17.0 Å². The van der Waals surface area contributed by atoms with Gasteiger partial charge in [-0.25, -0.2) is 18.2 Å². The van der Waals surface area contributed by atoms with Crippen molar-refractivity contribution < 1.29 is 18.3 Å². The number of rotatable bonds is 5. The van der Waals surface area contributed by atoms with Crippen LogP contribution in [0.4, 0.5) is 5.69 Å². The minimum absolute atomic E-state index is 0.0637. The van der Waals surface area contributed by atoms with Gasteiger partial charge in [0.1, 0.15) is 12.2 Å². The third kappa shape index (κ3) is 3.01. The van der Waals surface area contributed by atoms with Crippen LogP contribution in [-0.4, -0.2) is 46.0 Å². The Bertz CT molecular complexity index is 757. The first-order valence-corrected chi connectivity index (χ1v) is 7.20. The Morgan fingerprint density at radius 1 is 1.48 bits per heavy atom. The summed E-state index contributed by atoms with van der Waals surface area (Å²) in [6.45, 7) is -0.0637. The number of nitrogen functional groups attached to an aromatic ring is 1. The number of aromatic nitrogens is 3. The van der Waals surface area contributed by atoms with Crippen molar-refractivity contribution in [3.8, 4) is 0 Å². The predicted molar refractivity (Wildman–Crippen MR) is 72.8 cm³/mol. The highest BCUT2D eigenvalue weighted by molar-refractivity contribution is 7.89. The van der Waals surface area contributed by atoms with Gasteiger partial charge in [-0.05, 0) is 18.2 Å². The highest BCUT2D eigenvalue weighted by Gasteiger charge is 2.27. The fourth-order valence-corrected chi connectivity index (χ4v) is 3.00. The zero-order chi connectivity index (χ0) is 15.6. The van der Waals surface area contributed by atoms with Crippen LogP contribution < -0.4 is 5.73 Å². The number of hydrogen-bond donors (Lipinski definition) is 3. The molecule has 0 spiro atoms. The summed E-state index contributed by atoms with van der Waals surface area (Å²) >= 11 is 0. The van der Waals surface area contributed by atoms with E-state index in [1.807, 2.05) is 0 Å². The summed E-state index contributed by atoms with van der Waals surface area (Å²) < 4.78 is 25.9. The summed E-state index contributed by atoms with van der Waals surface area (Å²) in [6.07, 6.45) is 1.25. The Kier molecular flexibility index (Phi) is 3.91. The number of carboxylic acids is 1. The normalized spacial score (nSPS) is 11.7. The number of anilines is 1. The molecule has 0 saturated carbocycles. The van der Waals surface area contributed by atoms with E-state index in [2.05, 4.69) is 15.2 Å². The molecule has 4 N–H and O–H groups in total. The van der Waals surface area contributed by atoms with Gasteiger partial charge in [-0.1, -0.05) is 0 Å². The number of aromatic amines is 1. The van der Waals surface area contributed by atoms with Crippen LogP contribution >= 0.6 is 0 Å². The molecule has 0 aliphatic carbocycles. The van der Waals surface area contributed by atoms with E-state index in [4.69, 9.17) is 10.8 Å². The summed E-state index contributed by atoms with van der Waals surface area (Å²) in [5.74, 6) is -1.03. The third-order valence-electron chi connectivity index (χ3n) is 2.76. The third-order valence-corrected chi connectivity index (χ3v) is 4.62. The maximum Gasteiger partial charge on any atom is 0.337 e. The van der Waals surface area contributed by atoms with E-state index in [9.17, 15) is 13.2 Å². The fourth-order valence-electron chi connectivity index (χ4n) is 1.71. The molecule has 1 heterocycles. The first-order valence-electron chi connectivity index (χ1n) is 5.76. The maximum absolute atomic E-state index is 12.5. The molecule has 0 saturated heterocycles. The van der Waals surface area contributed by atoms with E-state index in [1.165, 1.54) is 25.5 Å². The van der Waals surface area contributed by atoms with Gasteiger partial charge in [-0.15, -0.1) is 0 Å². The van der Waals surface area contributed by atoms with Crippen LogP contribution in [0.5, 0.6) is 0 Å². The van der Waals surface area contributed by atoms with E-state index in [0.717, 1.165) is 10.4 Å². The molecular formula is C11H13N5O4S. The van der Waals surface area contributed by atoms with E-state index in [-0.39, 0.29) is 22.7 Å². The van der Waals surface area contributed by atoms with Crippen LogP contribution in [0.3, 0.4) is 0 Å². The first kappa shape index (κ1) is 14.9. The highest BCUT2D eigenvalue weighted by atomic mass is 32.2. The number of H-pyrrole nitrogens is 1. The molecular weight excluding hydrogens is 298 g/mol. The van der Waals surface area contributed by atoms with Crippen molar-refractivity contribution in [2.45, 2.75) is 11.4 Å². The maximum atomic E-state index is 12.5. The lowest BCUT2D eigenvalue weighted by Crippen LogP contribution is -2.28. The number of nitrogens with one attached hydrogen (secondary N) is 1. The van der Waals surface area contributed by atoms with Gasteiger partial charge in [0.25, 0.3) is 0 Å². The molecule has 0 amide bonds. The quantitative estimate of drug-likeness (QED) is 0.654. The Morgan fingerprint density at radius 3 is 2.76 bits per heavy atom. The molecule has 2 aromatic rings. The molecule has 112 valence electrons. The van der Waals surface area contributed by atoms with Crippen LogP contribution in [0.1, 0.15) is 16.2 Å². The monoisotopic (exact) mass is 311 g/mol. The van der Waals surface area contributed by atoms with Crippen LogP contribution in [0.25, 0.3) is 0 Å². The lowest BCUT2D eigenvalue weighted by atomic mass is 10.2. The molecule has 1 aromatic heterocycles. The zero-order valence-corrected chi connectivity index (χ0v) is 11.8. The standard InChI is InChI=1S/C11H13N5O4S/c1-16(5-10-13-6-14-15-10)21(19,20)9-3-2-7(12)4-8(9)11(17)18/h2-4,6H,5,12H2,1H3,(H,17,18)(H,13,14,15). The smallest absolute Gasteiger partial charge is 0.337 e. The van der Waals surface area contributed by atoms with Crippen molar-refractivity contribution in [2.75, 3.05) is 12.8 Å². The van der Waals surface area contributed by atoms with Crippen molar-refractivity contribution >= 4 is 21.7 Å². The minimum Gasteiger partial charge on any atom is -0.478 e. The van der Waals surface area contributed by atoms with Gasteiger partial charge in [0, 0.05) is 12.7 Å². The molecule has 0 aliphatic rings. The average Bonchev–Trinajstić information content (AvgIpc) is 2.91. The van der Waals surface area contributed by atoms with Gasteiger partial charge < -0.3 is 10.8 Å². The molecule has 0 fully saturated rings. The predicted octanol–water partition coefficient (Wildman–Crippen LogP) is -0.0942. The molecule has 1 aromatic carbocycles. The second-order valence-electron chi connectivity index (χ2n) is 4.25. The van der Waals surface area contributed by atoms with Gasteiger partial charge >= 0.3 is 5.97 Å². The summed E-state index contributed by atoms with van der Waals surface area (Å²) in [5.41, 5.74) is 5.29. The Labute approximate surface area is 120 Å². The topological polar surface area (TPSA) is 142 Å². The summed E-state index contributed by atoms with van der Waals surface area (Å²) in [4.78, 5) is 14.7. The molecule has 21 heavy (non-hydrogen) atoms. The SMILES string of the molecule is CN(Cc1ncn[nH]1)S(=O)(=O)c1ccc(N)cc1C(=O)O. The number of sulfonamides is 1. The Morgan fingerprint density at radius 2 is 2.19 bits per heavy atom. The number of carboxylic acid groups (broad SMARTS) is 1. The van der Waals surface area contributed by atoms with Crippen molar-refractivity contribution in [2.24, 2.45) is 0 Å². The number of nitrogens with zero attached hydrogens (tertiary/aromatic N) is 3. The lowest BCUT2D eigenvalue weighted by Gasteiger charge is -2.17. The largest absolute Gasteiger partial charge is 0.478 e. The Hall–Kier alpha value is -2.46. The van der Waals surface area contributed by atoms with Gasteiger partial charge in [-0.2, -0.15) is 9.40 Å². The lowest BCUT2D eigenvalue weighted by molar-refractivity contribution is 0.0692. The molecule has 0 aliphatic heterocycles. The molecule has 0 bridgehead atoms. The number of nitrogens with two attached hydrogens (primary N) is 1. The summed E-state index contributed by atoms with van der Waals surface area (Å²) in [7, 11) is -2.68. The van der Waals surface area contributed by atoms with Gasteiger partial charge in [-0.3, -0.25) is 5.10 Å². The summed E-state index contributed by atoms with van der Waals surface area (Å²) in [5, 5.41) is 15.3. The zero-order valence-electron chi connectivity index (χ0n) is 11.0. The second kappa shape index (κ2) is 5.50. The molecule has 0 unspecified atom stereocenters. The van der Waals surface area contributed by atoms with Crippen molar-refractivity contribution in [3.05, 3.63) is 35.9 Å². The second-order valence-corrected chi connectivity index (χ2v) is 6.27.